The Labute approximate surface area is 120 Å². The number of fused-ring (bicyclic) bond motifs is 1. The first-order valence-electron chi connectivity index (χ1n) is 6.24. The van der Waals surface area contributed by atoms with Crippen LogP contribution < -0.4 is 5.32 Å². The molecule has 1 aromatic heterocycles. The third kappa shape index (κ3) is 2.32. The van der Waals surface area contributed by atoms with Crippen LogP contribution in [0.2, 0.25) is 0 Å². The van der Waals surface area contributed by atoms with Gasteiger partial charge in [0.15, 0.2) is 11.6 Å². The number of nitrogens with one attached hydrogen (secondary N) is 1. The van der Waals surface area contributed by atoms with Crippen molar-refractivity contribution in [1.29, 1.82) is 0 Å². The molecule has 0 saturated heterocycles. The predicted molar refractivity (Wildman–Crippen MR) is 78.3 cm³/mol. The topological polar surface area (TPSA) is 29.9 Å². The molecule has 21 heavy (non-hydrogen) atoms. The summed E-state index contributed by atoms with van der Waals surface area (Å²) in [7, 11) is 1.70. The number of hydrogen-bond donors (Lipinski definition) is 1. The van der Waals surface area contributed by atoms with Crippen molar-refractivity contribution in [3.05, 3.63) is 53.6 Å². The van der Waals surface area contributed by atoms with Crippen LogP contribution in [0.25, 0.3) is 10.9 Å². The molecule has 104 valence electrons. The van der Waals surface area contributed by atoms with E-state index in [1.54, 1.807) is 13.1 Å². The number of benzene rings is 2. The lowest BCUT2D eigenvalue weighted by atomic mass is 10.2. The Bertz CT molecular complexity index is 875. The van der Waals surface area contributed by atoms with E-state index in [1.807, 2.05) is 18.2 Å². The Balaban J connectivity index is 2.10. The van der Waals surface area contributed by atoms with Crippen molar-refractivity contribution in [2.45, 2.75) is 0 Å². The van der Waals surface area contributed by atoms with Gasteiger partial charge in [0, 0.05) is 29.8 Å². The van der Waals surface area contributed by atoms with Crippen LogP contribution in [0.3, 0.4) is 0 Å². The Morgan fingerprint density at radius 1 is 1.19 bits per heavy atom. The molecule has 3 aromatic rings. The molecule has 0 atom stereocenters. The van der Waals surface area contributed by atoms with Crippen LogP contribution in [0.5, 0.6) is 0 Å². The normalized spacial score (nSPS) is 10.6. The van der Waals surface area contributed by atoms with Crippen molar-refractivity contribution in [1.82, 2.24) is 9.78 Å². The van der Waals surface area contributed by atoms with Crippen molar-refractivity contribution in [2.75, 3.05) is 5.32 Å². The molecule has 0 unspecified atom stereocenters. The van der Waals surface area contributed by atoms with Gasteiger partial charge in [-0.1, -0.05) is 12.0 Å². The van der Waals surface area contributed by atoms with E-state index < -0.39 is 11.6 Å². The number of rotatable bonds is 2. The van der Waals surface area contributed by atoms with Gasteiger partial charge in [0.2, 0.25) is 0 Å². The largest absolute Gasteiger partial charge is 0.340 e. The quantitative estimate of drug-likeness (QED) is 0.729. The van der Waals surface area contributed by atoms with Crippen LogP contribution in [0.4, 0.5) is 20.3 Å². The van der Waals surface area contributed by atoms with Gasteiger partial charge in [-0.3, -0.25) is 4.68 Å². The maximum atomic E-state index is 13.4. The molecule has 0 aliphatic rings. The standard InChI is InChI=1S/C16H11F2N3/c1-3-10-5-4-6-11(7-10)19-16-12-8-13(17)14(18)9-15(12)20-21(16)2/h1,4-9,19H,2H3. The van der Waals surface area contributed by atoms with Crippen molar-refractivity contribution in [3.63, 3.8) is 0 Å². The highest BCUT2D eigenvalue weighted by atomic mass is 19.2. The van der Waals surface area contributed by atoms with Gasteiger partial charge in [0.1, 0.15) is 5.82 Å². The maximum absolute atomic E-state index is 13.4. The third-order valence-corrected chi connectivity index (χ3v) is 3.17. The molecule has 0 aliphatic carbocycles. The van der Waals surface area contributed by atoms with E-state index in [9.17, 15) is 8.78 Å². The number of terminal acetylenes is 1. The fourth-order valence-electron chi connectivity index (χ4n) is 2.17. The molecule has 1 heterocycles. The summed E-state index contributed by atoms with van der Waals surface area (Å²) < 4.78 is 28.2. The van der Waals surface area contributed by atoms with Gasteiger partial charge in [-0.15, -0.1) is 6.42 Å². The Morgan fingerprint density at radius 2 is 1.95 bits per heavy atom. The highest BCUT2D eigenvalue weighted by Gasteiger charge is 2.13. The number of nitrogens with zero attached hydrogens (tertiary/aromatic N) is 2. The van der Waals surface area contributed by atoms with Crippen LogP contribution in [-0.2, 0) is 7.05 Å². The van der Waals surface area contributed by atoms with Crippen LogP contribution in [0.1, 0.15) is 5.56 Å². The first-order valence-corrected chi connectivity index (χ1v) is 6.24. The van der Waals surface area contributed by atoms with Crippen LogP contribution in [-0.4, -0.2) is 9.78 Å². The molecule has 0 saturated carbocycles. The summed E-state index contributed by atoms with van der Waals surface area (Å²) in [6.45, 7) is 0. The minimum absolute atomic E-state index is 0.381. The first-order chi connectivity index (χ1) is 10.1. The zero-order chi connectivity index (χ0) is 15.0. The second-order valence-corrected chi connectivity index (χ2v) is 4.61. The van der Waals surface area contributed by atoms with Gasteiger partial charge in [0.25, 0.3) is 0 Å². The van der Waals surface area contributed by atoms with E-state index in [2.05, 4.69) is 16.3 Å². The van der Waals surface area contributed by atoms with Gasteiger partial charge >= 0.3 is 0 Å². The molecular formula is C16H11F2N3. The monoisotopic (exact) mass is 283 g/mol. The van der Waals surface area contributed by atoms with E-state index >= 15 is 0 Å². The lowest BCUT2D eigenvalue weighted by Crippen LogP contribution is -1.99. The molecule has 0 amide bonds. The smallest absolute Gasteiger partial charge is 0.161 e. The van der Waals surface area contributed by atoms with Gasteiger partial charge in [-0.25, -0.2) is 8.78 Å². The summed E-state index contributed by atoms with van der Waals surface area (Å²) in [5.41, 5.74) is 1.86. The SMILES string of the molecule is C#Cc1cccc(Nc2c3cc(F)c(F)cc3nn2C)c1. The summed E-state index contributed by atoms with van der Waals surface area (Å²) in [4.78, 5) is 0. The van der Waals surface area contributed by atoms with Crippen molar-refractivity contribution in [3.8, 4) is 12.3 Å². The van der Waals surface area contributed by atoms with Crippen LogP contribution in [0.15, 0.2) is 36.4 Å². The first kappa shape index (κ1) is 13.1. The van der Waals surface area contributed by atoms with Gasteiger partial charge < -0.3 is 5.32 Å². The number of anilines is 2. The molecule has 0 fully saturated rings. The lowest BCUT2D eigenvalue weighted by Gasteiger charge is -2.07. The summed E-state index contributed by atoms with van der Waals surface area (Å²) >= 11 is 0. The maximum Gasteiger partial charge on any atom is 0.161 e. The van der Waals surface area contributed by atoms with Gasteiger partial charge in [-0.2, -0.15) is 5.10 Å². The van der Waals surface area contributed by atoms with Crippen molar-refractivity contribution in [2.24, 2.45) is 7.05 Å². The second kappa shape index (κ2) is 4.91. The van der Waals surface area contributed by atoms with Gasteiger partial charge in [-0.05, 0) is 24.3 Å². The van der Waals surface area contributed by atoms with E-state index in [0.29, 0.717) is 16.7 Å². The Kier molecular flexibility index (Phi) is 3.07. The van der Waals surface area contributed by atoms with Gasteiger partial charge in [0.05, 0.1) is 5.52 Å². The predicted octanol–water partition coefficient (Wildman–Crippen LogP) is 3.58. The number of aromatic nitrogens is 2. The Morgan fingerprint density at radius 3 is 2.71 bits per heavy atom. The number of halogens is 2. The Hall–Kier alpha value is -2.87. The van der Waals surface area contributed by atoms with Crippen LogP contribution in [0, 0.1) is 24.0 Å². The molecule has 0 bridgehead atoms. The fourth-order valence-corrected chi connectivity index (χ4v) is 2.17. The molecule has 3 nitrogen and oxygen atoms in total. The average Bonchev–Trinajstić information content (AvgIpc) is 2.76. The minimum Gasteiger partial charge on any atom is -0.340 e. The number of hydrogen-bond acceptors (Lipinski definition) is 2. The van der Waals surface area contributed by atoms with E-state index in [0.717, 1.165) is 23.4 Å². The molecular weight excluding hydrogens is 272 g/mol. The minimum atomic E-state index is -0.915. The summed E-state index contributed by atoms with van der Waals surface area (Å²) in [6.07, 6.45) is 5.36. The van der Waals surface area contributed by atoms with Crippen molar-refractivity contribution >= 4 is 22.4 Å². The lowest BCUT2D eigenvalue weighted by molar-refractivity contribution is 0.511. The highest BCUT2D eigenvalue weighted by molar-refractivity contribution is 5.92. The third-order valence-electron chi connectivity index (χ3n) is 3.17. The molecule has 5 heteroatoms. The summed E-state index contributed by atoms with van der Waals surface area (Å²) in [5, 5.41) is 7.80. The van der Waals surface area contributed by atoms with Crippen LogP contribution >= 0.6 is 0 Å². The van der Waals surface area contributed by atoms with E-state index in [4.69, 9.17) is 6.42 Å². The van der Waals surface area contributed by atoms with Crippen molar-refractivity contribution < 1.29 is 8.78 Å². The molecule has 3 rings (SSSR count). The highest BCUT2D eigenvalue weighted by Crippen LogP contribution is 2.28. The van der Waals surface area contributed by atoms with E-state index in [1.165, 1.54) is 4.68 Å². The zero-order valence-electron chi connectivity index (χ0n) is 11.2. The summed E-state index contributed by atoms with van der Waals surface area (Å²) in [6, 6.07) is 9.45. The molecule has 0 radical (unpaired) electrons. The summed E-state index contributed by atoms with van der Waals surface area (Å²) in [5.74, 6) is 1.29. The zero-order valence-corrected chi connectivity index (χ0v) is 11.2. The molecule has 2 aromatic carbocycles. The molecule has 1 N–H and O–H groups in total. The number of aryl methyl sites for hydroxylation is 1. The van der Waals surface area contributed by atoms with E-state index in [-0.39, 0.29) is 0 Å². The average molecular weight is 283 g/mol. The fraction of sp³-hybridized carbons (Fsp3) is 0.0625. The second-order valence-electron chi connectivity index (χ2n) is 4.61. The molecule has 0 spiro atoms. The molecule has 0 aliphatic heterocycles.